The lowest BCUT2D eigenvalue weighted by Gasteiger charge is -2.45. The van der Waals surface area contributed by atoms with E-state index in [1.54, 1.807) is 8.61 Å². The van der Waals surface area contributed by atoms with Crippen LogP contribution in [-0.4, -0.2) is 77.9 Å². The standard InChI is InChI=1S/C14H27N3O3S/c1-12-9-15-7-4-6-13(15)10-17(12)21(19,20)16-8-3-2-5-14(16)11-18/h12-14,18H,2-11H2,1H3. The molecule has 3 saturated heterocycles. The minimum Gasteiger partial charge on any atom is -0.395 e. The molecule has 3 heterocycles. The highest BCUT2D eigenvalue weighted by Gasteiger charge is 2.44. The van der Waals surface area contributed by atoms with Crippen LogP contribution < -0.4 is 0 Å². The summed E-state index contributed by atoms with van der Waals surface area (Å²) in [6, 6.07) is 0.163. The van der Waals surface area contributed by atoms with Gasteiger partial charge in [0.15, 0.2) is 0 Å². The van der Waals surface area contributed by atoms with Crippen molar-refractivity contribution in [3.63, 3.8) is 0 Å². The highest BCUT2D eigenvalue weighted by molar-refractivity contribution is 7.86. The fourth-order valence-corrected chi connectivity index (χ4v) is 6.14. The maximum atomic E-state index is 13.0. The second-order valence-corrected chi connectivity index (χ2v) is 8.49. The average Bonchev–Trinajstić information content (AvgIpc) is 2.93. The van der Waals surface area contributed by atoms with Crippen molar-refractivity contribution in [2.45, 2.75) is 57.2 Å². The molecular formula is C14H27N3O3S. The lowest BCUT2D eigenvalue weighted by molar-refractivity contribution is 0.0987. The van der Waals surface area contributed by atoms with E-state index in [0.29, 0.717) is 19.1 Å². The Morgan fingerprint density at radius 3 is 2.62 bits per heavy atom. The molecule has 0 bridgehead atoms. The van der Waals surface area contributed by atoms with Crippen molar-refractivity contribution in [3.8, 4) is 0 Å². The minimum absolute atomic E-state index is 0.0191. The number of rotatable bonds is 3. The van der Waals surface area contributed by atoms with Crippen molar-refractivity contribution in [2.24, 2.45) is 0 Å². The number of piperazine rings is 1. The van der Waals surface area contributed by atoms with Gasteiger partial charge in [-0.2, -0.15) is 17.0 Å². The van der Waals surface area contributed by atoms with Gasteiger partial charge in [0.25, 0.3) is 10.2 Å². The van der Waals surface area contributed by atoms with Crippen LogP contribution in [0.4, 0.5) is 0 Å². The summed E-state index contributed by atoms with van der Waals surface area (Å²) in [5, 5.41) is 9.51. The first kappa shape index (κ1) is 15.7. The van der Waals surface area contributed by atoms with Crippen LogP contribution in [0.3, 0.4) is 0 Å². The molecule has 3 atom stereocenters. The van der Waals surface area contributed by atoms with Crippen LogP contribution in [0.5, 0.6) is 0 Å². The number of nitrogens with zero attached hydrogens (tertiary/aromatic N) is 3. The number of hydrogen-bond donors (Lipinski definition) is 1. The third kappa shape index (κ3) is 2.86. The molecule has 3 fully saturated rings. The largest absolute Gasteiger partial charge is 0.395 e. The molecule has 0 amide bonds. The number of aliphatic hydroxyl groups is 1. The Morgan fingerprint density at radius 1 is 1.05 bits per heavy atom. The number of aliphatic hydroxyl groups excluding tert-OH is 1. The van der Waals surface area contributed by atoms with Crippen LogP contribution in [-0.2, 0) is 10.2 Å². The zero-order chi connectivity index (χ0) is 15.0. The maximum Gasteiger partial charge on any atom is 0.282 e. The van der Waals surface area contributed by atoms with Crippen LogP contribution in [0.25, 0.3) is 0 Å². The molecule has 122 valence electrons. The van der Waals surface area contributed by atoms with Crippen molar-refractivity contribution in [1.29, 1.82) is 0 Å². The van der Waals surface area contributed by atoms with E-state index in [2.05, 4.69) is 4.90 Å². The van der Waals surface area contributed by atoms with E-state index >= 15 is 0 Å². The molecule has 0 aliphatic carbocycles. The molecule has 0 aromatic carbocycles. The molecule has 0 aromatic heterocycles. The van der Waals surface area contributed by atoms with Crippen molar-refractivity contribution in [3.05, 3.63) is 0 Å². The van der Waals surface area contributed by atoms with Crippen LogP contribution >= 0.6 is 0 Å². The molecule has 3 rings (SSSR count). The Labute approximate surface area is 127 Å². The van der Waals surface area contributed by atoms with E-state index in [1.165, 1.54) is 6.42 Å². The molecule has 0 saturated carbocycles. The van der Waals surface area contributed by atoms with E-state index < -0.39 is 10.2 Å². The fraction of sp³-hybridized carbons (Fsp3) is 1.00. The SMILES string of the molecule is CC1CN2CCCC2CN1S(=O)(=O)N1CCCCC1CO. The smallest absolute Gasteiger partial charge is 0.282 e. The van der Waals surface area contributed by atoms with Crippen molar-refractivity contribution in [2.75, 3.05) is 32.8 Å². The second kappa shape index (κ2) is 6.12. The van der Waals surface area contributed by atoms with Crippen LogP contribution in [0.1, 0.15) is 39.0 Å². The summed E-state index contributed by atoms with van der Waals surface area (Å²) in [5.74, 6) is 0. The highest BCUT2D eigenvalue weighted by Crippen LogP contribution is 2.30. The van der Waals surface area contributed by atoms with Gasteiger partial charge < -0.3 is 5.11 Å². The molecule has 0 spiro atoms. The van der Waals surface area contributed by atoms with Gasteiger partial charge in [-0.3, -0.25) is 4.90 Å². The molecule has 0 aromatic rings. The predicted molar refractivity (Wildman–Crippen MR) is 81.1 cm³/mol. The molecule has 0 radical (unpaired) electrons. The molecule has 7 heteroatoms. The first-order valence-corrected chi connectivity index (χ1v) is 9.57. The molecular weight excluding hydrogens is 290 g/mol. The molecule has 21 heavy (non-hydrogen) atoms. The summed E-state index contributed by atoms with van der Waals surface area (Å²) in [4.78, 5) is 2.43. The van der Waals surface area contributed by atoms with E-state index in [4.69, 9.17) is 0 Å². The van der Waals surface area contributed by atoms with Crippen LogP contribution in [0, 0.1) is 0 Å². The Hall–Kier alpha value is -0.210. The topological polar surface area (TPSA) is 64.1 Å². The van der Waals surface area contributed by atoms with E-state index in [0.717, 1.165) is 38.8 Å². The molecule has 1 N–H and O–H groups in total. The Balaban J connectivity index is 1.79. The Bertz CT molecular complexity index is 470. The van der Waals surface area contributed by atoms with Crippen LogP contribution in [0.2, 0.25) is 0 Å². The monoisotopic (exact) mass is 317 g/mol. The van der Waals surface area contributed by atoms with Gasteiger partial charge in [-0.15, -0.1) is 0 Å². The minimum atomic E-state index is -3.45. The van der Waals surface area contributed by atoms with Gasteiger partial charge in [0.05, 0.1) is 6.61 Å². The summed E-state index contributed by atoms with van der Waals surface area (Å²) in [5.41, 5.74) is 0. The Morgan fingerprint density at radius 2 is 1.86 bits per heavy atom. The van der Waals surface area contributed by atoms with Gasteiger partial charge in [-0.1, -0.05) is 6.42 Å². The molecule has 6 nitrogen and oxygen atoms in total. The zero-order valence-corrected chi connectivity index (χ0v) is 13.6. The molecule has 3 aliphatic heterocycles. The number of piperidine rings is 1. The first-order valence-electron chi connectivity index (χ1n) is 8.17. The lowest BCUT2D eigenvalue weighted by atomic mass is 10.1. The summed E-state index contributed by atoms with van der Waals surface area (Å²) in [6.07, 6.45) is 4.95. The van der Waals surface area contributed by atoms with Crippen LogP contribution in [0.15, 0.2) is 0 Å². The second-order valence-electron chi connectivity index (χ2n) is 6.66. The first-order chi connectivity index (χ1) is 10.0. The van der Waals surface area contributed by atoms with E-state index in [9.17, 15) is 13.5 Å². The van der Waals surface area contributed by atoms with Gasteiger partial charge in [0.2, 0.25) is 0 Å². The third-order valence-electron chi connectivity index (χ3n) is 5.26. The predicted octanol–water partition coefficient (Wildman–Crippen LogP) is 0.247. The average molecular weight is 317 g/mol. The molecule has 3 aliphatic rings. The summed E-state index contributed by atoms with van der Waals surface area (Å²) in [7, 11) is -3.45. The fourth-order valence-electron chi connectivity index (χ4n) is 4.08. The third-order valence-corrected chi connectivity index (χ3v) is 7.43. The van der Waals surface area contributed by atoms with Crippen molar-refractivity contribution in [1.82, 2.24) is 13.5 Å². The molecule has 3 unspecified atom stereocenters. The van der Waals surface area contributed by atoms with Crippen molar-refractivity contribution < 1.29 is 13.5 Å². The van der Waals surface area contributed by atoms with E-state index in [-0.39, 0.29) is 18.7 Å². The van der Waals surface area contributed by atoms with Gasteiger partial charge in [0, 0.05) is 37.8 Å². The van der Waals surface area contributed by atoms with E-state index in [1.807, 2.05) is 6.92 Å². The van der Waals surface area contributed by atoms with Gasteiger partial charge >= 0.3 is 0 Å². The Kier molecular flexibility index (Phi) is 4.57. The lowest BCUT2D eigenvalue weighted by Crippen LogP contribution is -2.61. The number of fused-ring (bicyclic) bond motifs is 1. The van der Waals surface area contributed by atoms with Gasteiger partial charge in [-0.05, 0) is 39.2 Å². The summed E-state index contributed by atoms with van der Waals surface area (Å²) >= 11 is 0. The van der Waals surface area contributed by atoms with Crippen molar-refractivity contribution >= 4 is 10.2 Å². The highest BCUT2D eigenvalue weighted by atomic mass is 32.2. The maximum absolute atomic E-state index is 13.0. The normalized spacial score (nSPS) is 36.8. The quantitative estimate of drug-likeness (QED) is 0.810. The zero-order valence-electron chi connectivity index (χ0n) is 12.8. The number of hydrogen-bond acceptors (Lipinski definition) is 4. The summed E-state index contributed by atoms with van der Waals surface area (Å²) < 4.78 is 29.3. The van der Waals surface area contributed by atoms with Gasteiger partial charge in [0.1, 0.15) is 0 Å². The summed E-state index contributed by atoms with van der Waals surface area (Å²) in [6.45, 7) is 5.03. The van der Waals surface area contributed by atoms with Gasteiger partial charge in [-0.25, -0.2) is 0 Å².